The van der Waals surface area contributed by atoms with Crippen LogP contribution in [0.2, 0.25) is 0 Å². The summed E-state index contributed by atoms with van der Waals surface area (Å²) in [6.07, 6.45) is -1.48. The second-order valence-electron chi connectivity index (χ2n) is 9.17. The van der Waals surface area contributed by atoms with Crippen molar-refractivity contribution in [2.45, 2.75) is 51.6 Å². The van der Waals surface area contributed by atoms with Gasteiger partial charge in [-0.15, -0.1) is 0 Å². The average molecular weight is 448 g/mol. The Kier molecular flexibility index (Phi) is 6.12. The van der Waals surface area contributed by atoms with Gasteiger partial charge in [-0.25, -0.2) is 0 Å². The maximum atomic E-state index is 12.7. The van der Waals surface area contributed by atoms with Crippen molar-refractivity contribution in [3.63, 3.8) is 0 Å². The summed E-state index contributed by atoms with van der Waals surface area (Å²) in [6.45, 7) is 5.34. The van der Waals surface area contributed by atoms with E-state index in [4.69, 9.17) is 4.55 Å². The Morgan fingerprint density at radius 3 is 2.33 bits per heavy atom. The first-order chi connectivity index (χ1) is 13.8. The minimum Gasteiger partial charge on any atom is -0.316 e. The van der Waals surface area contributed by atoms with Crippen molar-refractivity contribution in [2.75, 3.05) is 18.8 Å². The van der Waals surface area contributed by atoms with Crippen LogP contribution >= 0.6 is 0 Å². The second-order valence-corrected chi connectivity index (χ2v) is 10.6. The number of fused-ring (bicyclic) bond motifs is 2. The molecule has 1 aliphatic heterocycles. The number of hydrogen-bond donors (Lipinski definition) is 2. The average Bonchev–Trinajstić information content (AvgIpc) is 3.27. The number of benzene rings is 1. The quantitative estimate of drug-likeness (QED) is 0.683. The zero-order valence-electron chi connectivity index (χ0n) is 17.1. The van der Waals surface area contributed by atoms with Gasteiger partial charge in [0.2, 0.25) is 0 Å². The molecule has 2 aliphatic carbocycles. The van der Waals surface area contributed by atoms with Crippen molar-refractivity contribution in [2.24, 2.45) is 16.7 Å². The molecule has 5 nitrogen and oxygen atoms in total. The maximum Gasteiger partial charge on any atom is 0.416 e. The Hall–Kier alpha value is -1.45. The topological polar surface area (TPSA) is 83.5 Å². The molecular formula is C21H28F3NO4S. The zero-order valence-corrected chi connectivity index (χ0v) is 17.9. The lowest BCUT2D eigenvalue weighted by atomic mass is 9.70. The highest BCUT2D eigenvalue weighted by Gasteiger charge is 2.65. The lowest BCUT2D eigenvalue weighted by Crippen LogP contribution is -2.42. The molecule has 9 heteroatoms. The molecule has 1 saturated heterocycles. The molecule has 3 atom stereocenters. The van der Waals surface area contributed by atoms with E-state index >= 15 is 0 Å². The van der Waals surface area contributed by atoms with Gasteiger partial charge in [0, 0.05) is 13.0 Å². The zero-order chi connectivity index (χ0) is 22.4. The van der Waals surface area contributed by atoms with E-state index in [9.17, 15) is 26.4 Å². The standard InChI is InChI=1S/C11H12F3N.C10H16O4S/c12-11(13,14)10-4-2-1-3-9(10)8-5-6-15-7-8;1-9(2)7-3-4-10(9,8(11)5-7)6-15(12,13)14/h1-4,8,15H,5-7H2;7H,3-6H2,1-2H3,(H,12,13,14)/t8-;/m1./s1. The molecule has 2 saturated carbocycles. The van der Waals surface area contributed by atoms with Crippen LogP contribution < -0.4 is 5.32 Å². The van der Waals surface area contributed by atoms with Gasteiger partial charge in [0.05, 0.1) is 16.7 Å². The lowest BCUT2D eigenvalue weighted by molar-refractivity contribution is -0.138. The van der Waals surface area contributed by atoms with Gasteiger partial charge in [-0.2, -0.15) is 21.6 Å². The van der Waals surface area contributed by atoms with Crippen LogP contribution in [0.1, 0.15) is 56.6 Å². The number of carbonyl (C=O) groups is 1. The minimum atomic E-state index is -4.24. The van der Waals surface area contributed by atoms with Crippen LogP contribution in [0, 0.1) is 16.7 Å². The number of alkyl halides is 3. The highest BCUT2D eigenvalue weighted by molar-refractivity contribution is 7.85. The fourth-order valence-corrected chi connectivity index (χ4v) is 6.75. The van der Waals surface area contributed by atoms with Gasteiger partial charge in [-0.05, 0) is 54.7 Å². The summed E-state index contributed by atoms with van der Waals surface area (Å²) in [5.41, 5.74) is -1.18. The summed E-state index contributed by atoms with van der Waals surface area (Å²) in [4.78, 5) is 11.9. The van der Waals surface area contributed by atoms with Gasteiger partial charge < -0.3 is 5.32 Å². The van der Waals surface area contributed by atoms with Crippen LogP contribution in [0.15, 0.2) is 24.3 Å². The summed E-state index contributed by atoms with van der Waals surface area (Å²) in [5.74, 6) is -0.0987. The van der Waals surface area contributed by atoms with Crippen molar-refractivity contribution in [1.82, 2.24) is 5.32 Å². The smallest absolute Gasteiger partial charge is 0.316 e. The fourth-order valence-electron chi connectivity index (χ4n) is 5.45. The van der Waals surface area contributed by atoms with E-state index in [1.807, 2.05) is 13.8 Å². The van der Waals surface area contributed by atoms with Crippen LogP contribution in [0.4, 0.5) is 13.2 Å². The summed E-state index contributed by atoms with van der Waals surface area (Å²) in [7, 11) is -4.08. The third-order valence-electron chi connectivity index (χ3n) is 7.33. The van der Waals surface area contributed by atoms with E-state index in [1.165, 1.54) is 6.07 Å². The largest absolute Gasteiger partial charge is 0.416 e. The Morgan fingerprint density at radius 1 is 1.20 bits per heavy atom. The summed E-state index contributed by atoms with van der Waals surface area (Å²) >= 11 is 0. The van der Waals surface area contributed by atoms with Gasteiger partial charge in [-0.1, -0.05) is 32.0 Å². The molecular weight excluding hydrogens is 419 g/mol. The predicted octanol–water partition coefficient (Wildman–Crippen LogP) is 4.05. The van der Waals surface area contributed by atoms with Crippen LogP contribution in [0.5, 0.6) is 0 Å². The highest BCUT2D eigenvalue weighted by atomic mass is 32.2. The number of hydrogen-bond acceptors (Lipinski definition) is 4. The summed E-state index contributed by atoms with van der Waals surface area (Å²) in [6, 6.07) is 5.85. The van der Waals surface area contributed by atoms with Crippen molar-refractivity contribution < 1.29 is 30.9 Å². The Bertz CT molecular complexity index is 907. The number of ketones is 1. The van der Waals surface area contributed by atoms with Crippen molar-refractivity contribution >= 4 is 15.9 Å². The van der Waals surface area contributed by atoms with E-state index in [0.29, 0.717) is 24.9 Å². The Balaban J connectivity index is 0.000000171. The molecule has 0 spiro atoms. The van der Waals surface area contributed by atoms with Gasteiger partial charge in [-0.3, -0.25) is 9.35 Å². The normalized spacial score (nSPS) is 30.3. The van der Waals surface area contributed by atoms with Crippen molar-refractivity contribution in [1.29, 1.82) is 0 Å². The third kappa shape index (κ3) is 4.29. The van der Waals surface area contributed by atoms with E-state index in [0.717, 1.165) is 25.5 Å². The molecule has 168 valence electrons. The number of rotatable bonds is 3. The molecule has 2 unspecified atom stereocenters. The molecule has 1 aromatic rings. The first-order valence-corrected chi connectivity index (χ1v) is 11.7. The second kappa shape index (κ2) is 7.91. The number of Topliss-reactive ketones (excluding diaryl/α,β-unsaturated/α-hetero) is 1. The molecule has 0 aromatic heterocycles. The first-order valence-electron chi connectivity index (χ1n) is 10.1. The molecule has 0 radical (unpaired) electrons. The highest BCUT2D eigenvalue weighted by Crippen LogP contribution is 2.64. The predicted molar refractivity (Wildman–Crippen MR) is 107 cm³/mol. The Labute approximate surface area is 175 Å². The molecule has 2 bridgehead atoms. The number of halogens is 3. The Morgan fingerprint density at radius 2 is 1.87 bits per heavy atom. The molecule has 1 aromatic carbocycles. The monoisotopic (exact) mass is 447 g/mol. The molecule has 2 N–H and O–H groups in total. The molecule has 30 heavy (non-hydrogen) atoms. The van der Waals surface area contributed by atoms with Gasteiger partial charge >= 0.3 is 6.18 Å². The van der Waals surface area contributed by atoms with Gasteiger partial charge in [0.15, 0.2) is 0 Å². The molecule has 3 aliphatic rings. The van der Waals surface area contributed by atoms with E-state index in [1.54, 1.807) is 12.1 Å². The van der Waals surface area contributed by atoms with E-state index in [2.05, 4.69) is 5.32 Å². The minimum absolute atomic E-state index is 0.00262. The summed E-state index contributed by atoms with van der Waals surface area (Å²) < 4.78 is 69.0. The SMILES string of the molecule is CC1(C)C2CCC1(CS(=O)(=O)O)C(=O)C2.FC(F)(F)c1ccccc1[C@@H]1CCNC1. The van der Waals surface area contributed by atoms with E-state index < -0.39 is 33.0 Å². The fraction of sp³-hybridized carbons (Fsp3) is 0.667. The summed E-state index contributed by atoms with van der Waals surface area (Å²) in [5, 5.41) is 3.08. The van der Waals surface area contributed by atoms with Crippen LogP contribution in [-0.4, -0.2) is 37.6 Å². The molecule has 1 heterocycles. The van der Waals surface area contributed by atoms with E-state index in [-0.39, 0.29) is 23.0 Å². The maximum absolute atomic E-state index is 12.7. The van der Waals surface area contributed by atoms with Crippen LogP contribution in [-0.2, 0) is 21.1 Å². The van der Waals surface area contributed by atoms with Gasteiger partial charge in [0.25, 0.3) is 10.1 Å². The third-order valence-corrected chi connectivity index (χ3v) is 8.19. The van der Waals surface area contributed by atoms with Crippen molar-refractivity contribution in [3.8, 4) is 0 Å². The first kappa shape index (κ1) is 23.2. The lowest BCUT2D eigenvalue weighted by Gasteiger charge is -2.35. The van der Waals surface area contributed by atoms with Crippen LogP contribution in [0.25, 0.3) is 0 Å². The molecule has 3 fully saturated rings. The number of carbonyl (C=O) groups excluding carboxylic acids is 1. The van der Waals surface area contributed by atoms with Gasteiger partial charge in [0.1, 0.15) is 5.78 Å². The molecule has 4 rings (SSSR count). The number of nitrogens with one attached hydrogen (secondary N) is 1. The van der Waals surface area contributed by atoms with Crippen molar-refractivity contribution in [3.05, 3.63) is 35.4 Å². The molecule has 0 amide bonds. The van der Waals surface area contributed by atoms with Crippen LogP contribution in [0.3, 0.4) is 0 Å².